The molecule has 2 N–H and O–H groups in total. The number of fused-ring (bicyclic) bond motifs is 1. The molecule has 1 amide bonds. The normalized spacial score (nSPS) is 22.8. The van der Waals surface area contributed by atoms with E-state index in [1.54, 1.807) is 0 Å². The van der Waals surface area contributed by atoms with E-state index in [0.717, 1.165) is 57.1 Å². The number of nitrogens with one attached hydrogen (secondary N) is 2. The summed E-state index contributed by atoms with van der Waals surface area (Å²) in [5.41, 5.74) is 2.69. The Morgan fingerprint density at radius 2 is 2.05 bits per heavy atom. The van der Waals surface area contributed by atoms with Gasteiger partial charge >= 0.3 is 0 Å². The highest BCUT2D eigenvalue weighted by Crippen LogP contribution is 2.38. The molecule has 0 radical (unpaired) electrons. The molecule has 6 nitrogen and oxygen atoms in total. The highest BCUT2D eigenvalue weighted by Gasteiger charge is 2.41. The van der Waals surface area contributed by atoms with E-state index < -0.39 is 0 Å². The molecule has 6 heteroatoms. The van der Waals surface area contributed by atoms with E-state index >= 15 is 0 Å². The zero-order valence-corrected chi connectivity index (χ0v) is 13.1. The van der Waals surface area contributed by atoms with Crippen LogP contribution in [0.3, 0.4) is 0 Å². The molecule has 1 aliphatic carbocycles. The molecule has 0 aromatic carbocycles. The third-order valence-electron chi connectivity index (χ3n) is 5.46. The highest BCUT2D eigenvalue weighted by atomic mass is 16.1. The number of aromatic nitrogens is 2. The summed E-state index contributed by atoms with van der Waals surface area (Å²) in [6, 6.07) is 0. The second kappa shape index (κ2) is 5.11. The Bertz CT molecular complexity index is 607. The van der Waals surface area contributed by atoms with Gasteiger partial charge in [0, 0.05) is 38.7 Å². The maximum atomic E-state index is 11.5. The molecule has 4 rings (SSSR count). The number of aryl methyl sites for hydroxylation is 1. The number of nitrogens with zero attached hydrogens (tertiary/aromatic N) is 3. The first kappa shape index (κ1) is 13.8. The van der Waals surface area contributed by atoms with Crippen LogP contribution in [0.15, 0.2) is 0 Å². The Balaban J connectivity index is 1.53. The summed E-state index contributed by atoms with van der Waals surface area (Å²) in [7, 11) is 1.94. The van der Waals surface area contributed by atoms with Gasteiger partial charge in [0.15, 0.2) is 0 Å². The standard InChI is InChI=1S/C16H23N5O/c1-17-14-11-3-2-4-12(11)19-15(20-14)21-7-5-16(6-8-21)9-13(22)18-10-16/h2-10H2,1H3,(H,18,22)(H,17,19,20). The Morgan fingerprint density at radius 1 is 1.23 bits per heavy atom. The van der Waals surface area contributed by atoms with Crippen molar-refractivity contribution in [2.24, 2.45) is 5.41 Å². The quantitative estimate of drug-likeness (QED) is 0.856. The number of hydrogen-bond donors (Lipinski definition) is 2. The fourth-order valence-electron chi connectivity index (χ4n) is 4.05. The smallest absolute Gasteiger partial charge is 0.227 e. The lowest BCUT2D eigenvalue weighted by atomic mass is 9.78. The topological polar surface area (TPSA) is 70.2 Å². The minimum absolute atomic E-state index is 0.177. The number of hydrogen-bond acceptors (Lipinski definition) is 5. The molecule has 1 aromatic heterocycles. The van der Waals surface area contributed by atoms with Crippen LogP contribution in [-0.2, 0) is 17.6 Å². The number of carbonyl (C=O) groups is 1. The van der Waals surface area contributed by atoms with Gasteiger partial charge in [0.2, 0.25) is 11.9 Å². The SMILES string of the molecule is CNc1nc(N2CCC3(CC2)CNC(=O)C3)nc2c1CCC2. The number of carbonyl (C=O) groups excluding carboxylic acids is 1. The van der Waals surface area contributed by atoms with Crippen LogP contribution in [-0.4, -0.2) is 42.6 Å². The van der Waals surface area contributed by atoms with Gasteiger partial charge in [0.05, 0.1) is 5.69 Å². The van der Waals surface area contributed by atoms with Crippen LogP contribution in [0.1, 0.15) is 36.9 Å². The van der Waals surface area contributed by atoms with Gasteiger partial charge < -0.3 is 15.5 Å². The number of anilines is 2. The van der Waals surface area contributed by atoms with Crippen molar-refractivity contribution < 1.29 is 4.79 Å². The summed E-state index contributed by atoms with van der Waals surface area (Å²) in [6.07, 6.45) is 6.10. The maximum Gasteiger partial charge on any atom is 0.227 e. The fraction of sp³-hybridized carbons (Fsp3) is 0.688. The van der Waals surface area contributed by atoms with E-state index in [1.807, 2.05) is 7.05 Å². The molecule has 2 aliphatic heterocycles. The lowest BCUT2D eigenvalue weighted by Crippen LogP contribution is -2.42. The van der Waals surface area contributed by atoms with Gasteiger partial charge in [-0.1, -0.05) is 0 Å². The zero-order chi connectivity index (χ0) is 15.2. The lowest BCUT2D eigenvalue weighted by molar-refractivity contribution is -0.119. The van der Waals surface area contributed by atoms with E-state index in [2.05, 4.69) is 15.5 Å². The Hall–Kier alpha value is -1.85. The summed E-state index contributed by atoms with van der Waals surface area (Å²) >= 11 is 0. The zero-order valence-electron chi connectivity index (χ0n) is 13.1. The van der Waals surface area contributed by atoms with Crippen molar-refractivity contribution in [3.05, 3.63) is 11.3 Å². The van der Waals surface area contributed by atoms with Crippen LogP contribution in [0.2, 0.25) is 0 Å². The second-order valence-corrected chi connectivity index (χ2v) is 6.84. The molecular weight excluding hydrogens is 278 g/mol. The molecule has 1 spiro atoms. The summed E-state index contributed by atoms with van der Waals surface area (Å²) in [4.78, 5) is 23.4. The minimum Gasteiger partial charge on any atom is -0.373 e. The van der Waals surface area contributed by atoms with Crippen molar-refractivity contribution in [2.75, 3.05) is 36.9 Å². The van der Waals surface area contributed by atoms with E-state index in [0.29, 0.717) is 6.42 Å². The van der Waals surface area contributed by atoms with Crippen molar-refractivity contribution in [1.29, 1.82) is 0 Å². The molecule has 118 valence electrons. The summed E-state index contributed by atoms with van der Waals surface area (Å²) in [5.74, 6) is 2.06. The average Bonchev–Trinajstić information content (AvgIpc) is 3.14. The summed E-state index contributed by atoms with van der Waals surface area (Å²) < 4.78 is 0. The number of rotatable bonds is 2. The Morgan fingerprint density at radius 3 is 2.73 bits per heavy atom. The predicted molar refractivity (Wildman–Crippen MR) is 85.1 cm³/mol. The van der Waals surface area contributed by atoms with Gasteiger partial charge in [-0.2, -0.15) is 4.98 Å². The molecule has 0 bridgehead atoms. The molecule has 22 heavy (non-hydrogen) atoms. The van der Waals surface area contributed by atoms with Crippen molar-refractivity contribution in [1.82, 2.24) is 15.3 Å². The van der Waals surface area contributed by atoms with Crippen LogP contribution in [0.5, 0.6) is 0 Å². The summed E-state index contributed by atoms with van der Waals surface area (Å²) in [6.45, 7) is 2.72. The van der Waals surface area contributed by atoms with Crippen LogP contribution in [0.25, 0.3) is 0 Å². The first-order chi connectivity index (χ1) is 10.7. The Kier molecular flexibility index (Phi) is 3.20. The fourth-order valence-corrected chi connectivity index (χ4v) is 4.05. The molecule has 3 aliphatic rings. The summed E-state index contributed by atoms with van der Waals surface area (Å²) in [5, 5.41) is 6.22. The molecule has 2 fully saturated rings. The minimum atomic E-state index is 0.177. The van der Waals surface area contributed by atoms with Gasteiger partial charge in [0.25, 0.3) is 0 Å². The molecule has 2 saturated heterocycles. The van der Waals surface area contributed by atoms with Crippen LogP contribution in [0, 0.1) is 5.41 Å². The van der Waals surface area contributed by atoms with Crippen molar-refractivity contribution >= 4 is 17.7 Å². The van der Waals surface area contributed by atoms with Gasteiger partial charge in [0.1, 0.15) is 5.82 Å². The average molecular weight is 301 g/mol. The molecule has 1 aromatic rings. The number of amides is 1. The monoisotopic (exact) mass is 301 g/mol. The van der Waals surface area contributed by atoms with E-state index in [9.17, 15) is 4.79 Å². The molecule has 0 atom stereocenters. The van der Waals surface area contributed by atoms with Crippen LogP contribution in [0.4, 0.5) is 11.8 Å². The number of piperidine rings is 1. The van der Waals surface area contributed by atoms with Crippen molar-refractivity contribution in [3.63, 3.8) is 0 Å². The molecule has 0 saturated carbocycles. The van der Waals surface area contributed by atoms with E-state index in [-0.39, 0.29) is 11.3 Å². The van der Waals surface area contributed by atoms with Crippen LogP contribution < -0.4 is 15.5 Å². The van der Waals surface area contributed by atoms with E-state index in [1.165, 1.54) is 17.7 Å². The maximum absolute atomic E-state index is 11.5. The Labute approximate surface area is 130 Å². The predicted octanol–water partition coefficient (Wildman–Crippen LogP) is 1.11. The molecule has 3 heterocycles. The first-order valence-electron chi connectivity index (χ1n) is 8.28. The third-order valence-corrected chi connectivity index (χ3v) is 5.46. The van der Waals surface area contributed by atoms with Crippen molar-refractivity contribution in [3.8, 4) is 0 Å². The largest absolute Gasteiger partial charge is 0.373 e. The van der Waals surface area contributed by atoms with Crippen molar-refractivity contribution in [2.45, 2.75) is 38.5 Å². The van der Waals surface area contributed by atoms with Gasteiger partial charge in [-0.05, 0) is 37.5 Å². The third kappa shape index (κ3) is 2.21. The van der Waals surface area contributed by atoms with E-state index in [4.69, 9.17) is 9.97 Å². The van der Waals surface area contributed by atoms with Crippen LogP contribution >= 0.6 is 0 Å². The lowest BCUT2D eigenvalue weighted by Gasteiger charge is -2.38. The molecular formula is C16H23N5O. The van der Waals surface area contributed by atoms with Gasteiger partial charge in [-0.3, -0.25) is 4.79 Å². The van der Waals surface area contributed by atoms with Gasteiger partial charge in [-0.15, -0.1) is 0 Å². The second-order valence-electron chi connectivity index (χ2n) is 6.84. The highest BCUT2D eigenvalue weighted by molar-refractivity contribution is 5.79. The van der Waals surface area contributed by atoms with Gasteiger partial charge in [-0.25, -0.2) is 4.98 Å². The molecule has 0 unspecified atom stereocenters. The first-order valence-corrected chi connectivity index (χ1v) is 8.28.